The lowest BCUT2D eigenvalue weighted by molar-refractivity contribution is 0.771. The predicted molar refractivity (Wildman–Crippen MR) is 69.7 cm³/mol. The van der Waals surface area contributed by atoms with E-state index >= 15 is 0 Å². The van der Waals surface area contributed by atoms with Gasteiger partial charge in [0.2, 0.25) is 0 Å². The highest BCUT2D eigenvalue weighted by molar-refractivity contribution is 5.64. The molecule has 1 aromatic carbocycles. The Balaban J connectivity index is 1.94. The van der Waals surface area contributed by atoms with Crippen LogP contribution < -0.4 is 0 Å². The first-order valence-corrected chi connectivity index (χ1v) is 5.70. The molecule has 88 valence electrons. The number of hydrogen-bond donors (Lipinski definition) is 0. The molecule has 0 bridgehead atoms. The molecule has 0 aliphatic rings. The highest BCUT2D eigenvalue weighted by Gasteiger charge is 2.03. The molecule has 4 nitrogen and oxygen atoms in total. The Bertz CT molecular complexity index is 641. The summed E-state index contributed by atoms with van der Waals surface area (Å²) < 4.78 is 1.80. The number of aromatic nitrogens is 4. The van der Waals surface area contributed by atoms with Crippen molar-refractivity contribution < 1.29 is 0 Å². The van der Waals surface area contributed by atoms with E-state index in [-0.39, 0.29) is 0 Å². The standard InChI is InChI=1S/C14H12N4/c1-18-10-7-13(17-18)11-3-5-12(6-4-11)14-15-8-2-9-16-14/h2-10H,1H3. The third-order valence-electron chi connectivity index (χ3n) is 2.72. The second-order valence-electron chi connectivity index (χ2n) is 4.02. The molecule has 3 aromatic rings. The van der Waals surface area contributed by atoms with Crippen LogP contribution in [0.5, 0.6) is 0 Å². The molecule has 0 fully saturated rings. The zero-order valence-corrected chi connectivity index (χ0v) is 9.99. The molecule has 0 amide bonds. The smallest absolute Gasteiger partial charge is 0.159 e. The van der Waals surface area contributed by atoms with Crippen LogP contribution >= 0.6 is 0 Å². The average Bonchev–Trinajstić information content (AvgIpc) is 2.87. The number of aryl methyl sites for hydroxylation is 1. The molecular formula is C14H12N4. The van der Waals surface area contributed by atoms with E-state index in [1.54, 1.807) is 17.1 Å². The third-order valence-corrected chi connectivity index (χ3v) is 2.72. The van der Waals surface area contributed by atoms with Crippen LogP contribution in [0.15, 0.2) is 55.0 Å². The van der Waals surface area contributed by atoms with E-state index in [4.69, 9.17) is 0 Å². The van der Waals surface area contributed by atoms with Crippen LogP contribution in [0.2, 0.25) is 0 Å². The minimum absolute atomic E-state index is 0.741. The van der Waals surface area contributed by atoms with Crippen molar-refractivity contribution in [2.24, 2.45) is 7.05 Å². The molecule has 0 saturated carbocycles. The number of benzene rings is 1. The van der Waals surface area contributed by atoms with Crippen LogP contribution in [0, 0.1) is 0 Å². The quantitative estimate of drug-likeness (QED) is 0.686. The Morgan fingerprint density at radius 2 is 1.56 bits per heavy atom. The van der Waals surface area contributed by atoms with Crippen LogP contribution in [0.3, 0.4) is 0 Å². The second kappa shape index (κ2) is 4.41. The molecular weight excluding hydrogens is 224 g/mol. The Hall–Kier alpha value is -2.49. The van der Waals surface area contributed by atoms with Crippen LogP contribution in [-0.4, -0.2) is 19.7 Å². The van der Waals surface area contributed by atoms with Crippen molar-refractivity contribution in [1.82, 2.24) is 19.7 Å². The molecule has 2 aromatic heterocycles. The fourth-order valence-electron chi connectivity index (χ4n) is 1.81. The Kier molecular flexibility index (Phi) is 2.61. The van der Waals surface area contributed by atoms with Gasteiger partial charge < -0.3 is 0 Å². The van der Waals surface area contributed by atoms with Gasteiger partial charge >= 0.3 is 0 Å². The average molecular weight is 236 g/mol. The molecule has 0 N–H and O–H groups in total. The number of hydrogen-bond acceptors (Lipinski definition) is 3. The summed E-state index contributed by atoms with van der Waals surface area (Å²) in [6.07, 6.45) is 5.42. The van der Waals surface area contributed by atoms with E-state index in [1.165, 1.54) is 0 Å². The summed E-state index contributed by atoms with van der Waals surface area (Å²) in [5.74, 6) is 0.741. The lowest BCUT2D eigenvalue weighted by atomic mass is 10.1. The van der Waals surface area contributed by atoms with Gasteiger partial charge in [-0.3, -0.25) is 4.68 Å². The molecule has 0 radical (unpaired) electrons. The third kappa shape index (κ3) is 2.00. The summed E-state index contributed by atoms with van der Waals surface area (Å²) in [7, 11) is 1.91. The minimum atomic E-state index is 0.741. The monoisotopic (exact) mass is 236 g/mol. The van der Waals surface area contributed by atoms with Gasteiger partial charge in [0.05, 0.1) is 5.69 Å². The van der Waals surface area contributed by atoms with Gasteiger partial charge in [0.1, 0.15) is 0 Å². The van der Waals surface area contributed by atoms with Crippen molar-refractivity contribution in [3.8, 4) is 22.6 Å². The zero-order chi connectivity index (χ0) is 12.4. The van der Waals surface area contributed by atoms with Crippen molar-refractivity contribution in [1.29, 1.82) is 0 Å². The molecule has 0 unspecified atom stereocenters. The summed E-state index contributed by atoms with van der Waals surface area (Å²) in [5.41, 5.74) is 3.07. The van der Waals surface area contributed by atoms with Gasteiger partial charge in [-0.1, -0.05) is 24.3 Å². The van der Waals surface area contributed by atoms with Crippen LogP contribution in [0.25, 0.3) is 22.6 Å². The van der Waals surface area contributed by atoms with E-state index in [1.807, 2.05) is 49.6 Å². The summed E-state index contributed by atoms with van der Waals surface area (Å²) >= 11 is 0. The first-order valence-electron chi connectivity index (χ1n) is 5.70. The largest absolute Gasteiger partial charge is 0.275 e. The Morgan fingerprint density at radius 1 is 0.889 bits per heavy atom. The van der Waals surface area contributed by atoms with Gasteiger partial charge in [-0.2, -0.15) is 5.10 Å². The topological polar surface area (TPSA) is 43.6 Å². The van der Waals surface area contributed by atoms with Gasteiger partial charge in [-0.15, -0.1) is 0 Å². The maximum absolute atomic E-state index is 4.37. The minimum Gasteiger partial charge on any atom is -0.275 e. The first kappa shape index (κ1) is 10.7. The summed E-state index contributed by atoms with van der Waals surface area (Å²) in [6.45, 7) is 0. The SMILES string of the molecule is Cn1ccc(-c2ccc(-c3ncccn3)cc2)n1. The fraction of sp³-hybridized carbons (Fsp3) is 0.0714. The predicted octanol–water partition coefficient (Wildman–Crippen LogP) is 2.54. The molecule has 0 aliphatic heterocycles. The maximum Gasteiger partial charge on any atom is 0.159 e. The van der Waals surface area contributed by atoms with E-state index in [0.29, 0.717) is 0 Å². The molecule has 18 heavy (non-hydrogen) atoms. The van der Waals surface area contributed by atoms with Crippen molar-refractivity contribution in [2.45, 2.75) is 0 Å². The molecule has 0 spiro atoms. The van der Waals surface area contributed by atoms with Crippen molar-refractivity contribution in [2.75, 3.05) is 0 Å². The second-order valence-corrected chi connectivity index (χ2v) is 4.02. The zero-order valence-electron chi connectivity index (χ0n) is 9.99. The highest BCUT2D eigenvalue weighted by Crippen LogP contribution is 2.21. The first-order chi connectivity index (χ1) is 8.83. The van der Waals surface area contributed by atoms with E-state index < -0.39 is 0 Å². The molecule has 3 rings (SSSR count). The van der Waals surface area contributed by atoms with Crippen LogP contribution in [-0.2, 0) is 7.05 Å². The van der Waals surface area contributed by atoms with Gasteiger partial charge in [-0.25, -0.2) is 9.97 Å². The molecule has 4 heteroatoms. The van der Waals surface area contributed by atoms with E-state index in [9.17, 15) is 0 Å². The molecule has 2 heterocycles. The van der Waals surface area contributed by atoms with Gasteiger partial charge in [0.25, 0.3) is 0 Å². The summed E-state index contributed by atoms with van der Waals surface area (Å²) in [4.78, 5) is 8.45. The highest BCUT2D eigenvalue weighted by atomic mass is 15.2. The normalized spacial score (nSPS) is 10.5. The lowest BCUT2D eigenvalue weighted by Gasteiger charge is -2.01. The lowest BCUT2D eigenvalue weighted by Crippen LogP contribution is -1.89. The Morgan fingerprint density at radius 3 is 2.17 bits per heavy atom. The molecule has 0 atom stereocenters. The van der Waals surface area contributed by atoms with E-state index in [0.717, 1.165) is 22.6 Å². The molecule has 0 saturated heterocycles. The number of rotatable bonds is 2. The van der Waals surface area contributed by atoms with Gasteiger partial charge in [0.15, 0.2) is 5.82 Å². The van der Waals surface area contributed by atoms with Crippen molar-refractivity contribution in [3.05, 3.63) is 55.0 Å². The molecule has 0 aliphatic carbocycles. The fourth-order valence-corrected chi connectivity index (χ4v) is 1.81. The van der Waals surface area contributed by atoms with E-state index in [2.05, 4.69) is 15.1 Å². The van der Waals surface area contributed by atoms with Gasteiger partial charge in [-0.05, 0) is 12.1 Å². The Labute approximate surface area is 105 Å². The van der Waals surface area contributed by atoms with Crippen molar-refractivity contribution in [3.63, 3.8) is 0 Å². The van der Waals surface area contributed by atoms with Crippen LogP contribution in [0.4, 0.5) is 0 Å². The summed E-state index contributed by atoms with van der Waals surface area (Å²) in [6, 6.07) is 11.9. The van der Waals surface area contributed by atoms with Crippen molar-refractivity contribution >= 4 is 0 Å². The number of nitrogens with zero attached hydrogens (tertiary/aromatic N) is 4. The maximum atomic E-state index is 4.37. The van der Waals surface area contributed by atoms with Crippen LogP contribution in [0.1, 0.15) is 0 Å². The van der Waals surface area contributed by atoms with Gasteiger partial charge in [0, 0.05) is 36.8 Å². The summed E-state index contributed by atoms with van der Waals surface area (Å²) in [5, 5.41) is 4.37.